The Balaban J connectivity index is 3.08. The second-order valence-corrected chi connectivity index (χ2v) is 3.38. The van der Waals surface area contributed by atoms with Gasteiger partial charge in [-0.25, -0.2) is 0 Å². The molecule has 0 heterocycles. The van der Waals surface area contributed by atoms with Gasteiger partial charge < -0.3 is 0 Å². The second kappa shape index (κ2) is 4.11. The van der Waals surface area contributed by atoms with Gasteiger partial charge in [-0.2, -0.15) is 5.26 Å². The molecule has 0 radical (unpaired) electrons. The van der Waals surface area contributed by atoms with Crippen molar-refractivity contribution < 1.29 is 0 Å². The molecule has 1 rings (SSSR count). The van der Waals surface area contributed by atoms with Crippen molar-refractivity contribution in [3.8, 4) is 6.07 Å². The molecule has 0 aromatic heterocycles. The van der Waals surface area contributed by atoms with Crippen molar-refractivity contribution in [3.05, 3.63) is 41.0 Å². The summed E-state index contributed by atoms with van der Waals surface area (Å²) in [6.45, 7) is 3.92. The predicted octanol–water partition coefficient (Wildman–Crippen LogP) is 3.55. The smallest absolute Gasteiger partial charge is 0.0991 e. The Bertz CT molecular complexity index is 364. The van der Waals surface area contributed by atoms with E-state index >= 15 is 0 Å². The first-order chi connectivity index (χ1) is 6.15. The van der Waals surface area contributed by atoms with E-state index in [1.165, 1.54) is 0 Å². The molecule has 66 valence electrons. The average Bonchev–Trinajstić information content (AvgIpc) is 2.17. The normalized spacial score (nSPS) is 9.08. The van der Waals surface area contributed by atoms with Crippen LogP contribution in [0, 0.1) is 11.3 Å². The van der Waals surface area contributed by atoms with Gasteiger partial charge in [0.15, 0.2) is 0 Å². The quantitative estimate of drug-likeness (QED) is 0.666. The summed E-state index contributed by atoms with van der Waals surface area (Å²) >= 11 is 6.03. The van der Waals surface area contributed by atoms with E-state index in [9.17, 15) is 0 Å². The van der Waals surface area contributed by atoms with E-state index in [1.807, 2.05) is 26.0 Å². The molecule has 0 saturated heterocycles. The predicted molar refractivity (Wildman–Crippen MR) is 55.3 cm³/mol. The molecule has 0 aliphatic rings. The number of hydrogen-bond acceptors (Lipinski definition) is 1. The Labute approximate surface area is 83.3 Å². The summed E-state index contributed by atoms with van der Waals surface area (Å²) in [6, 6.07) is 9.30. The maximum absolute atomic E-state index is 8.58. The molecule has 0 unspecified atom stereocenters. The Morgan fingerprint density at radius 3 is 2.15 bits per heavy atom. The first-order valence-electron chi connectivity index (χ1n) is 3.98. The zero-order valence-electron chi connectivity index (χ0n) is 7.63. The summed E-state index contributed by atoms with van der Waals surface area (Å²) in [4.78, 5) is 0. The number of nitrogens with zero attached hydrogens (tertiary/aromatic N) is 1. The van der Waals surface area contributed by atoms with Crippen molar-refractivity contribution in [3.63, 3.8) is 0 Å². The molecule has 0 saturated carbocycles. The van der Waals surface area contributed by atoms with Gasteiger partial charge in [0, 0.05) is 5.03 Å². The van der Waals surface area contributed by atoms with Crippen LogP contribution in [-0.2, 0) is 0 Å². The van der Waals surface area contributed by atoms with Crippen molar-refractivity contribution in [2.45, 2.75) is 13.8 Å². The molecule has 0 aliphatic heterocycles. The van der Waals surface area contributed by atoms with E-state index in [0.717, 1.165) is 16.2 Å². The highest BCUT2D eigenvalue weighted by Crippen LogP contribution is 2.22. The molecule has 1 aromatic carbocycles. The van der Waals surface area contributed by atoms with E-state index < -0.39 is 0 Å². The third kappa shape index (κ3) is 2.34. The largest absolute Gasteiger partial charge is 0.192 e. The molecule has 13 heavy (non-hydrogen) atoms. The lowest BCUT2D eigenvalue weighted by molar-refractivity contribution is 1.41. The highest BCUT2D eigenvalue weighted by Gasteiger charge is 1.99. The molecule has 0 bridgehead atoms. The zero-order chi connectivity index (χ0) is 9.84. The summed E-state index contributed by atoms with van der Waals surface area (Å²) in [7, 11) is 0. The highest BCUT2D eigenvalue weighted by molar-refractivity contribution is 6.49. The molecule has 0 N–H and O–H groups in total. The summed E-state index contributed by atoms with van der Waals surface area (Å²) in [5.74, 6) is 0. The molecule has 0 amide bonds. The third-order valence-electron chi connectivity index (χ3n) is 1.71. The Morgan fingerprint density at radius 1 is 1.23 bits per heavy atom. The van der Waals surface area contributed by atoms with Crippen LogP contribution in [0.1, 0.15) is 25.0 Å². The van der Waals surface area contributed by atoms with Crippen LogP contribution in [0.15, 0.2) is 29.8 Å². The number of benzene rings is 1. The topological polar surface area (TPSA) is 23.8 Å². The van der Waals surface area contributed by atoms with Gasteiger partial charge in [-0.15, -0.1) is 0 Å². The maximum atomic E-state index is 8.58. The lowest BCUT2D eigenvalue weighted by Gasteiger charge is -2.00. The SMILES string of the molecule is CC(C)=C(Cl)c1ccc(C#N)cc1. The molecular weight excluding hydrogens is 182 g/mol. The standard InChI is InChI=1S/C11H10ClN/c1-8(2)11(12)10-5-3-9(7-13)4-6-10/h3-6H,1-2H3. The molecule has 0 aliphatic carbocycles. The van der Waals surface area contributed by atoms with Crippen molar-refractivity contribution in [1.29, 1.82) is 5.26 Å². The van der Waals surface area contributed by atoms with E-state index in [0.29, 0.717) is 5.56 Å². The van der Waals surface area contributed by atoms with Crippen LogP contribution in [0.25, 0.3) is 5.03 Å². The molecule has 1 nitrogen and oxygen atoms in total. The van der Waals surface area contributed by atoms with Gasteiger partial charge in [0.25, 0.3) is 0 Å². The Morgan fingerprint density at radius 2 is 1.77 bits per heavy atom. The van der Waals surface area contributed by atoms with E-state index in [-0.39, 0.29) is 0 Å². The number of allylic oxidation sites excluding steroid dienone is 1. The Hall–Kier alpha value is -1.26. The lowest BCUT2D eigenvalue weighted by atomic mass is 10.1. The van der Waals surface area contributed by atoms with Gasteiger partial charge >= 0.3 is 0 Å². The van der Waals surface area contributed by atoms with Crippen LogP contribution in [0.4, 0.5) is 0 Å². The minimum atomic E-state index is 0.655. The van der Waals surface area contributed by atoms with Crippen molar-refractivity contribution >= 4 is 16.6 Å². The van der Waals surface area contributed by atoms with Crippen LogP contribution in [0.3, 0.4) is 0 Å². The summed E-state index contributed by atoms with van der Waals surface area (Å²) in [6.07, 6.45) is 0. The van der Waals surface area contributed by atoms with Gasteiger partial charge in [0.05, 0.1) is 11.6 Å². The second-order valence-electron chi connectivity index (χ2n) is 3.00. The zero-order valence-corrected chi connectivity index (χ0v) is 8.39. The van der Waals surface area contributed by atoms with Crippen LogP contribution in [-0.4, -0.2) is 0 Å². The van der Waals surface area contributed by atoms with Gasteiger partial charge in [-0.05, 0) is 31.5 Å². The van der Waals surface area contributed by atoms with E-state index in [4.69, 9.17) is 16.9 Å². The lowest BCUT2D eigenvalue weighted by Crippen LogP contribution is -1.80. The van der Waals surface area contributed by atoms with Crippen LogP contribution in [0.5, 0.6) is 0 Å². The minimum absolute atomic E-state index is 0.655. The summed E-state index contributed by atoms with van der Waals surface area (Å²) < 4.78 is 0. The van der Waals surface area contributed by atoms with Gasteiger partial charge in [-0.1, -0.05) is 29.3 Å². The number of nitriles is 1. The van der Waals surface area contributed by atoms with Gasteiger partial charge in [0.2, 0.25) is 0 Å². The maximum Gasteiger partial charge on any atom is 0.0991 e. The Kier molecular flexibility index (Phi) is 3.11. The average molecular weight is 192 g/mol. The molecule has 2 heteroatoms. The minimum Gasteiger partial charge on any atom is -0.192 e. The van der Waals surface area contributed by atoms with Gasteiger partial charge in [-0.3, -0.25) is 0 Å². The molecule has 0 atom stereocenters. The van der Waals surface area contributed by atoms with Crippen LogP contribution < -0.4 is 0 Å². The fourth-order valence-corrected chi connectivity index (χ4v) is 1.11. The van der Waals surface area contributed by atoms with Crippen molar-refractivity contribution in [2.75, 3.05) is 0 Å². The first-order valence-corrected chi connectivity index (χ1v) is 4.36. The van der Waals surface area contributed by atoms with E-state index in [1.54, 1.807) is 12.1 Å². The number of hydrogen-bond donors (Lipinski definition) is 0. The number of rotatable bonds is 1. The summed E-state index contributed by atoms with van der Waals surface area (Å²) in [5.41, 5.74) is 2.69. The fraction of sp³-hybridized carbons (Fsp3) is 0.182. The van der Waals surface area contributed by atoms with Crippen molar-refractivity contribution in [2.24, 2.45) is 0 Å². The van der Waals surface area contributed by atoms with E-state index in [2.05, 4.69) is 6.07 Å². The molecule has 1 aromatic rings. The third-order valence-corrected chi connectivity index (χ3v) is 2.30. The summed E-state index contributed by atoms with van der Waals surface area (Å²) in [5, 5.41) is 9.34. The van der Waals surface area contributed by atoms with Gasteiger partial charge in [0.1, 0.15) is 0 Å². The van der Waals surface area contributed by atoms with Crippen LogP contribution >= 0.6 is 11.6 Å². The highest BCUT2D eigenvalue weighted by atomic mass is 35.5. The first kappa shape index (κ1) is 9.83. The molecule has 0 spiro atoms. The molecule has 0 fully saturated rings. The monoisotopic (exact) mass is 191 g/mol. The molecular formula is C11H10ClN. The van der Waals surface area contributed by atoms with Crippen molar-refractivity contribution in [1.82, 2.24) is 0 Å². The van der Waals surface area contributed by atoms with Crippen LogP contribution in [0.2, 0.25) is 0 Å². The number of halogens is 1. The fourth-order valence-electron chi connectivity index (χ4n) is 0.980.